The van der Waals surface area contributed by atoms with Crippen molar-refractivity contribution in [2.75, 3.05) is 50.5 Å². The number of rotatable bonds is 6. The minimum Gasteiger partial charge on any atom is -0.378 e. The van der Waals surface area contributed by atoms with Crippen LogP contribution in [0.25, 0.3) is 11.1 Å². The number of anilines is 1. The molecule has 0 spiro atoms. The molecule has 3 heterocycles. The van der Waals surface area contributed by atoms with Crippen molar-refractivity contribution in [2.45, 2.75) is 25.3 Å². The highest BCUT2D eigenvalue weighted by Crippen LogP contribution is 2.40. The molecule has 4 rings (SSSR count). The summed E-state index contributed by atoms with van der Waals surface area (Å²) in [4.78, 5) is 18.4. The zero-order valence-electron chi connectivity index (χ0n) is 17.7. The number of thiophene rings is 1. The van der Waals surface area contributed by atoms with Crippen LogP contribution >= 0.6 is 11.3 Å². The number of carbonyl (C=O) groups excluding carboxylic acids is 1. The van der Waals surface area contributed by atoms with Gasteiger partial charge in [0.25, 0.3) is 5.91 Å². The summed E-state index contributed by atoms with van der Waals surface area (Å²) in [5, 5.41) is 1.10. The SMILES string of the molecule is CS(=O)(=O)NCC1CCCCN1C(=O)c1cc(-c2ccccc2)c(N2CCOCC2)s1. The van der Waals surface area contributed by atoms with E-state index in [0.29, 0.717) is 24.6 Å². The molecule has 7 nitrogen and oxygen atoms in total. The van der Waals surface area contributed by atoms with E-state index in [-0.39, 0.29) is 18.5 Å². The van der Waals surface area contributed by atoms with E-state index in [1.165, 1.54) is 11.3 Å². The Bertz CT molecular complexity index is 1000. The molecule has 9 heteroatoms. The van der Waals surface area contributed by atoms with Crippen LogP contribution in [-0.4, -0.2) is 70.9 Å². The lowest BCUT2D eigenvalue weighted by molar-refractivity contribution is 0.0624. The molecule has 1 aromatic heterocycles. The molecule has 2 saturated heterocycles. The second-order valence-corrected chi connectivity index (χ2v) is 10.9. The molecule has 0 bridgehead atoms. The average Bonchev–Trinajstić information content (AvgIpc) is 3.24. The molecule has 2 fully saturated rings. The summed E-state index contributed by atoms with van der Waals surface area (Å²) < 4.78 is 31.2. The monoisotopic (exact) mass is 463 g/mol. The first kappa shape index (κ1) is 22.3. The summed E-state index contributed by atoms with van der Waals surface area (Å²) in [5.74, 6) is -0.0123. The minimum atomic E-state index is -3.29. The number of nitrogens with one attached hydrogen (secondary N) is 1. The van der Waals surface area contributed by atoms with E-state index < -0.39 is 10.0 Å². The number of hydrogen-bond donors (Lipinski definition) is 1. The maximum Gasteiger partial charge on any atom is 0.264 e. The van der Waals surface area contributed by atoms with E-state index >= 15 is 0 Å². The van der Waals surface area contributed by atoms with Crippen LogP contribution in [0.15, 0.2) is 36.4 Å². The van der Waals surface area contributed by atoms with Crippen LogP contribution in [0.3, 0.4) is 0 Å². The standard InChI is InChI=1S/C22H29N3O4S2/c1-31(27,28)23-16-18-9-5-6-10-25(18)21(26)20-15-19(17-7-3-2-4-8-17)22(30-20)24-11-13-29-14-12-24/h2-4,7-8,15,18,23H,5-6,9-14,16H2,1H3. The fourth-order valence-electron chi connectivity index (χ4n) is 4.18. The fourth-order valence-corrected chi connectivity index (χ4v) is 5.87. The molecule has 1 amide bonds. The zero-order valence-corrected chi connectivity index (χ0v) is 19.4. The van der Waals surface area contributed by atoms with Crippen molar-refractivity contribution in [1.82, 2.24) is 9.62 Å². The van der Waals surface area contributed by atoms with Gasteiger partial charge in [-0.2, -0.15) is 0 Å². The predicted octanol–water partition coefficient (Wildman–Crippen LogP) is 2.80. The van der Waals surface area contributed by atoms with Crippen LogP contribution in [0.5, 0.6) is 0 Å². The highest BCUT2D eigenvalue weighted by molar-refractivity contribution is 7.88. The van der Waals surface area contributed by atoms with Crippen LogP contribution in [0.2, 0.25) is 0 Å². The number of morpholine rings is 1. The first-order valence-electron chi connectivity index (χ1n) is 10.7. The Morgan fingerprint density at radius 3 is 2.61 bits per heavy atom. The van der Waals surface area contributed by atoms with Crippen molar-refractivity contribution < 1.29 is 17.9 Å². The van der Waals surface area contributed by atoms with Gasteiger partial charge in [-0.1, -0.05) is 30.3 Å². The highest BCUT2D eigenvalue weighted by atomic mass is 32.2. The molecule has 0 radical (unpaired) electrons. The van der Waals surface area contributed by atoms with Gasteiger partial charge < -0.3 is 14.5 Å². The summed E-state index contributed by atoms with van der Waals surface area (Å²) in [6, 6.07) is 12.0. The summed E-state index contributed by atoms with van der Waals surface area (Å²) in [6.07, 6.45) is 3.90. The fraction of sp³-hybridized carbons (Fsp3) is 0.500. The van der Waals surface area contributed by atoms with Gasteiger partial charge in [0.2, 0.25) is 10.0 Å². The van der Waals surface area contributed by atoms with E-state index in [4.69, 9.17) is 4.74 Å². The lowest BCUT2D eigenvalue weighted by Gasteiger charge is -2.35. The Kier molecular flexibility index (Phi) is 6.95. The summed E-state index contributed by atoms with van der Waals surface area (Å²) in [7, 11) is -3.29. The smallest absolute Gasteiger partial charge is 0.264 e. The summed E-state index contributed by atoms with van der Waals surface area (Å²) in [6.45, 7) is 3.89. The Balaban J connectivity index is 1.63. The zero-order chi connectivity index (χ0) is 21.8. The number of carbonyl (C=O) groups is 1. The topological polar surface area (TPSA) is 79.0 Å². The van der Waals surface area contributed by atoms with Gasteiger partial charge in [0.1, 0.15) is 0 Å². The van der Waals surface area contributed by atoms with Crippen LogP contribution < -0.4 is 9.62 Å². The number of piperidine rings is 1. The Morgan fingerprint density at radius 2 is 1.90 bits per heavy atom. The molecule has 1 atom stereocenters. The third-order valence-corrected chi connectivity index (χ3v) is 7.65. The van der Waals surface area contributed by atoms with Crippen molar-refractivity contribution in [2.24, 2.45) is 0 Å². The maximum atomic E-state index is 13.5. The predicted molar refractivity (Wildman–Crippen MR) is 124 cm³/mol. The number of sulfonamides is 1. The van der Waals surface area contributed by atoms with Crippen molar-refractivity contribution in [3.05, 3.63) is 41.3 Å². The van der Waals surface area contributed by atoms with Gasteiger partial charge >= 0.3 is 0 Å². The molecular formula is C22H29N3O4S2. The van der Waals surface area contributed by atoms with Gasteiger partial charge in [0, 0.05) is 37.8 Å². The van der Waals surface area contributed by atoms with Gasteiger partial charge in [-0.3, -0.25) is 4.79 Å². The number of amides is 1. The number of likely N-dealkylation sites (tertiary alicyclic amines) is 1. The van der Waals surface area contributed by atoms with E-state index in [2.05, 4.69) is 21.8 Å². The van der Waals surface area contributed by atoms with Crippen LogP contribution in [0.1, 0.15) is 28.9 Å². The molecule has 1 N–H and O–H groups in total. The van der Waals surface area contributed by atoms with Crippen LogP contribution in [0, 0.1) is 0 Å². The van der Waals surface area contributed by atoms with Gasteiger partial charge in [-0.05, 0) is 30.9 Å². The Morgan fingerprint density at radius 1 is 1.16 bits per heavy atom. The molecule has 31 heavy (non-hydrogen) atoms. The number of benzene rings is 1. The largest absolute Gasteiger partial charge is 0.378 e. The third-order valence-electron chi connectivity index (χ3n) is 5.78. The van der Waals surface area contributed by atoms with Crippen LogP contribution in [-0.2, 0) is 14.8 Å². The maximum absolute atomic E-state index is 13.5. The summed E-state index contributed by atoms with van der Waals surface area (Å²) >= 11 is 1.53. The Hall–Kier alpha value is -1.94. The molecule has 2 aliphatic rings. The van der Waals surface area contributed by atoms with Gasteiger partial charge in [-0.15, -0.1) is 11.3 Å². The van der Waals surface area contributed by atoms with E-state index in [1.54, 1.807) is 0 Å². The van der Waals surface area contributed by atoms with Crippen LogP contribution in [0.4, 0.5) is 5.00 Å². The van der Waals surface area contributed by atoms with Gasteiger partial charge in [0.15, 0.2) is 0 Å². The molecule has 0 saturated carbocycles. The number of hydrogen-bond acceptors (Lipinski definition) is 6. The lowest BCUT2D eigenvalue weighted by Crippen LogP contribution is -2.49. The molecule has 1 unspecified atom stereocenters. The quantitative estimate of drug-likeness (QED) is 0.713. The first-order valence-corrected chi connectivity index (χ1v) is 13.4. The molecule has 168 valence electrons. The number of ether oxygens (including phenoxy) is 1. The van der Waals surface area contributed by atoms with Crippen molar-refractivity contribution in [1.29, 1.82) is 0 Å². The van der Waals surface area contributed by atoms with Gasteiger partial charge in [-0.25, -0.2) is 13.1 Å². The molecule has 0 aliphatic carbocycles. The van der Waals surface area contributed by atoms with Crippen molar-refractivity contribution in [3.8, 4) is 11.1 Å². The van der Waals surface area contributed by atoms with E-state index in [1.807, 2.05) is 29.2 Å². The van der Waals surface area contributed by atoms with Gasteiger partial charge in [0.05, 0.1) is 29.3 Å². The second-order valence-electron chi connectivity index (χ2n) is 8.06. The third kappa shape index (κ3) is 5.46. The number of nitrogens with zero attached hydrogens (tertiary/aromatic N) is 2. The highest BCUT2D eigenvalue weighted by Gasteiger charge is 2.30. The lowest BCUT2D eigenvalue weighted by atomic mass is 10.0. The normalized spacial score (nSPS) is 20.1. The van der Waals surface area contributed by atoms with Crippen molar-refractivity contribution in [3.63, 3.8) is 0 Å². The Labute approximate surface area is 188 Å². The van der Waals surface area contributed by atoms with E-state index in [9.17, 15) is 13.2 Å². The van der Waals surface area contributed by atoms with E-state index in [0.717, 1.165) is 54.7 Å². The van der Waals surface area contributed by atoms with Crippen molar-refractivity contribution >= 4 is 32.3 Å². The first-order chi connectivity index (χ1) is 14.9. The summed E-state index contributed by atoms with van der Waals surface area (Å²) in [5.41, 5.74) is 2.16. The molecule has 2 aliphatic heterocycles. The molecule has 1 aromatic carbocycles. The average molecular weight is 464 g/mol. The molecule has 2 aromatic rings. The second kappa shape index (κ2) is 9.68. The minimum absolute atomic E-state index is 0.0123. The molecular weight excluding hydrogens is 434 g/mol.